The summed E-state index contributed by atoms with van der Waals surface area (Å²) in [6.07, 6.45) is -0.144. The summed E-state index contributed by atoms with van der Waals surface area (Å²) in [6, 6.07) is 12.5. The maximum atomic E-state index is 12.9. The van der Waals surface area contributed by atoms with E-state index in [9.17, 15) is 18.0 Å². The normalized spacial score (nSPS) is 11.4. The molecule has 0 saturated carbocycles. The Hall–Kier alpha value is -4.21. The molecule has 0 amide bonds. The molecule has 0 unspecified atom stereocenters. The molecule has 162 valence electrons. The van der Waals surface area contributed by atoms with Gasteiger partial charge >= 0.3 is 12.1 Å². The first kappa shape index (κ1) is 21.0. The number of benzene rings is 2. The number of alkyl halides is 3. The van der Waals surface area contributed by atoms with Crippen molar-refractivity contribution in [1.29, 1.82) is 0 Å². The Labute approximate surface area is 180 Å². The van der Waals surface area contributed by atoms with Crippen LogP contribution in [0.3, 0.4) is 0 Å². The van der Waals surface area contributed by atoms with Gasteiger partial charge < -0.3 is 15.0 Å². The van der Waals surface area contributed by atoms with Crippen LogP contribution in [0.5, 0.6) is 0 Å². The van der Waals surface area contributed by atoms with E-state index in [1.54, 1.807) is 41.4 Å². The van der Waals surface area contributed by atoms with E-state index in [1.807, 2.05) is 13.0 Å². The van der Waals surface area contributed by atoms with Crippen molar-refractivity contribution in [3.05, 3.63) is 84.1 Å². The van der Waals surface area contributed by atoms with Gasteiger partial charge in [0.1, 0.15) is 5.69 Å². The number of halogens is 3. The number of aromatic carboxylic acids is 1. The van der Waals surface area contributed by atoms with Crippen LogP contribution < -0.4 is 5.32 Å². The summed E-state index contributed by atoms with van der Waals surface area (Å²) in [5.41, 5.74) is 2.63. The third-order valence-corrected chi connectivity index (χ3v) is 4.57. The molecule has 4 aromatic rings. The Kier molecular flexibility index (Phi) is 5.35. The highest BCUT2D eigenvalue weighted by atomic mass is 19.4. The van der Waals surface area contributed by atoms with Crippen molar-refractivity contribution in [1.82, 2.24) is 19.5 Å². The average molecular weight is 439 g/mol. The van der Waals surface area contributed by atoms with Crippen molar-refractivity contribution >= 4 is 17.6 Å². The van der Waals surface area contributed by atoms with E-state index in [-0.39, 0.29) is 11.5 Å². The van der Waals surface area contributed by atoms with Gasteiger partial charge in [-0.3, -0.25) is 0 Å². The second-order valence-corrected chi connectivity index (χ2v) is 6.99. The third kappa shape index (κ3) is 4.59. The summed E-state index contributed by atoms with van der Waals surface area (Å²) in [6.45, 7) is 1.85. The van der Waals surface area contributed by atoms with Crippen LogP contribution in [0.25, 0.3) is 16.9 Å². The number of carboxylic acids is 1. The number of aryl methyl sites for hydroxylation is 1. The fraction of sp³-hybridized carbons (Fsp3) is 0.0909. The molecule has 2 heterocycles. The van der Waals surface area contributed by atoms with Crippen LogP contribution >= 0.6 is 0 Å². The largest absolute Gasteiger partial charge is 0.478 e. The number of hydrogen-bond donors (Lipinski definition) is 2. The van der Waals surface area contributed by atoms with Crippen LogP contribution in [0, 0.1) is 6.92 Å². The molecular formula is C22H16F3N5O2. The summed E-state index contributed by atoms with van der Waals surface area (Å²) in [4.78, 5) is 22.8. The van der Waals surface area contributed by atoms with Gasteiger partial charge in [-0.2, -0.15) is 13.2 Å². The second kappa shape index (κ2) is 8.14. The zero-order valence-electron chi connectivity index (χ0n) is 16.6. The lowest BCUT2D eigenvalue weighted by Gasteiger charge is -2.11. The first-order valence-corrected chi connectivity index (χ1v) is 9.36. The van der Waals surface area contributed by atoms with Crippen LogP contribution in [-0.4, -0.2) is 30.6 Å². The fourth-order valence-corrected chi connectivity index (χ4v) is 3.09. The Morgan fingerprint density at radius 3 is 2.50 bits per heavy atom. The minimum atomic E-state index is -4.56. The highest BCUT2D eigenvalue weighted by molar-refractivity contribution is 5.88. The summed E-state index contributed by atoms with van der Waals surface area (Å²) in [5.74, 6) is -1.17. The van der Waals surface area contributed by atoms with Crippen LogP contribution in [0.2, 0.25) is 0 Å². The van der Waals surface area contributed by atoms with E-state index in [0.29, 0.717) is 11.4 Å². The standard InChI is InChI=1S/C22H16F3N5O2/c1-13-8-16(28-21-26-7-6-19(29-21)22(23,24)25)10-17(9-13)30-11-18(27-12-30)14-2-4-15(5-3-14)20(31)32/h2-12H,1H3,(H,31,32)(H,26,28,29). The lowest BCUT2D eigenvalue weighted by atomic mass is 10.1. The molecule has 2 aromatic carbocycles. The summed E-state index contributed by atoms with van der Waals surface area (Å²) in [7, 11) is 0. The number of carbonyl (C=O) groups is 1. The molecule has 0 aliphatic rings. The molecule has 2 aromatic heterocycles. The van der Waals surface area contributed by atoms with Crippen molar-refractivity contribution < 1.29 is 23.1 Å². The zero-order valence-corrected chi connectivity index (χ0v) is 16.6. The molecule has 10 heteroatoms. The van der Waals surface area contributed by atoms with Crippen molar-refractivity contribution in [3.63, 3.8) is 0 Å². The first-order valence-electron chi connectivity index (χ1n) is 9.36. The van der Waals surface area contributed by atoms with Gasteiger partial charge in [0, 0.05) is 29.3 Å². The molecule has 0 spiro atoms. The summed E-state index contributed by atoms with van der Waals surface area (Å²) < 4.78 is 40.5. The van der Waals surface area contributed by atoms with Gasteiger partial charge in [-0.05, 0) is 48.9 Å². The molecule has 0 aliphatic heterocycles. The number of anilines is 2. The van der Waals surface area contributed by atoms with Crippen molar-refractivity contribution in [2.45, 2.75) is 13.1 Å². The van der Waals surface area contributed by atoms with Gasteiger partial charge in [-0.25, -0.2) is 19.7 Å². The minimum absolute atomic E-state index is 0.166. The fourth-order valence-electron chi connectivity index (χ4n) is 3.09. The smallest absolute Gasteiger partial charge is 0.433 e. The number of carboxylic acid groups (broad SMARTS) is 1. The molecule has 0 radical (unpaired) electrons. The predicted molar refractivity (Wildman–Crippen MR) is 111 cm³/mol. The van der Waals surface area contributed by atoms with Crippen molar-refractivity contribution in [2.75, 3.05) is 5.32 Å². The van der Waals surface area contributed by atoms with Crippen LogP contribution in [0.15, 0.2) is 67.3 Å². The molecule has 2 N–H and O–H groups in total. The van der Waals surface area contributed by atoms with E-state index >= 15 is 0 Å². The van der Waals surface area contributed by atoms with E-state index < -0.39 is 17.8 Å². The molecule has 7 nitrogen and oxygen atoms in total. The maximum absolute atomic E-state index is 12.9. The lowest BCUT2D eigenvalue weighted by molar-refractivity contribution is -0.141. The number of nitrogens with zero attached hydrogens (tertiary/aromatic N) is 4. The third-order valence-electron chi connectivity index (χ3n) is 4.57. The molecule has 4 rings (SSSR count). The van der Waals surface area contributed by atoms with Crippen molar-refractivity contribution in [2.24, 2.45) is 0 Å². The Balaban J connectivity index is 1.60. The van der Waals surface area contributed by atoms with E-state index in [4.69, 9.17) is 5.11 Å². The number of aromatic nitrogens is 4. The molecule has 0 bridgehead atoms. The number of nitrogens with one attached hydrogen (secondary N) is 1. The van der Waals surface area contributed by atoms with Crippen LogP contribution in [-0.2, 0) is 6.18 Å². The van der Waals surface area contributed by atoms with E-state index in [2.05, 4.69) is 20.3 Å². The highest BCUT2D eigenvalue weighted by Crippen LogP contribution is 2.28. The Morgan fingerprint density at radius 2 is 1.81 bits per heavy atom. The topological polar surface area (TPSA) is 92.9 Å². The molecular weight excluding hydrogens is 423 g/mol. The minimum Gasteiger partial charge on any atom is -0.478 e. The quantitative estimate of drug-likeness (QED) is 0.450. The Bertz CT molecular complexity index is 1280. The highest BCUT2D eigenvalue weighted by Gasteiger charge is 2.32. The zero-order chi connectivity index (χ0) is 22.9. The van der Waals surface area contributed by atoms with Gasteiger partial charge in [0.25, 0.3) is 0 Å². The maximum Gasteiger partial charge on any atom is 0.433 e. The van der Waals surface area contributed by atoms with Gasteiger partial charge in [-0.1, -0.05) is 12.1 Å². The SMILES string of the molecule is Cc1cc(Nc2nccc(C(F)(F)F)n2)cc(-n2cnc(-c3ccc(C(=O)O)cc3)c2)c1. The number of hydrogen-bond acceptors (Lipinski definition) is 5. The van der Waals surface area contributed by atoms with E-state index in [0.717, 1.165) is 29.1 Å². The van der Waals surface area contributed by atoms with Crippen LogP contribution in [0.4, 0.5) is 24.8 Å². The van der Waals surface area contributed by atoms with E-state index in [1.165, 1.54) is 12.1 Å². The first-order chi connectivity index (χ1) is 15.2. The predicted octanol–water partition coefficient (Wildman–Crippen LogP) is 5.10. The van der Waals surface area contributed by atoms with Gasteiger partial charge in [0.2, 0.25) is 5.95 Å². The molecule has 0 aliphatic carbocycles. The summed E-state index contributed by atoms with van der Waals surface area (Å²) in [5, 5.41) is 11.8. The lowest BCUT2D eigenvalue weighted by Crippen LogP contribution is -2.10. The van der Waals surface area contributed by atoms with Crippen LogP contribution in [0.1, 0.15) is 21.6 Å². The average Bonchev–Trinajstić information content (AvgIpc) is 3.23. The molecule has 0 fully saturated rings. The van der Waals surface area contributed by atoms with Crippen molar-refractivity contribution in [3.8, 4) is 16.9 Å². The van der Waals surface area contributed by atoms with Gasteiger partial charge in [0.15, 0.2) is 0 Å². The molecule has 32 heavy (non-hydrogen) atoms. The van der Waals surface area contributed by atoms with Gasteiger partial charge in [0.05, 0.1) is 17.6 Å². The molecule has 0 saturated heterocycles. The second-order valence-electron chi connectivity index (χ2n) is 6.99. The number of imidazole rings is 1. The Morgan fingerprint density at radius 1 is 1.06 bits per heavy atom. The monoisotopic (exact) mass is 439 g/mol. The summed E-state index contributed by atoms with van der Waals surface area (Å²) >= 11 is 0. The number of rotatable bonds is 5. The molecule has 0 atom stereocenters. The van der Waals surface area contributed by atoms with Gasteiger partial charge in [-0.15, -0.1) is 0 Å².